The van der Waals surface area contributed by atoms with E-state index in [9.17, 15) is 17.4 Å². The van der Waals surface area contributed by atoms with Gasteiger partial charge in [-0.25, -0.2) is 0 Å². The molecule has 1 N–H and O–H groups in total. The van der Waals surface area contributed by atoms with Gasteiger partial charge < -0.3 is 5.32 Å². The summed E-state index contributed by atoms with van der Waals surface area (Å²) in [6.45, 7) is 4.19. The molecule has 2 rings (SSSR count). The van der Waals surface area contributed by atoms with E-state index in [0.29, 0.717) is 0 Å². The highest BCUT2D eigenvalue weighted by Gasteiger charge is 2.44. The third kappa shape index (κ3) is 3.31. The Kier molecular flexibility index (Phi) is 4.49. The van der Waals surface area contributed by atoms with Gasteiger partial charge >= 0.3 is 6.18 Å². The quantitative estimate of drug-likeness (QED) is 0.922. The predicted molar refractivity (Wildman–Crippen MR) is 77.5 cm³/mol. The van der Waals surface area contributed by atoms with E-state index in [1.165, 1.54) is 12.1 Å². The molecule has 6 heteroatoms. The first kappa shape index (κ1) is 16.5. The predicted octanol–water partition coefficient (Wildman–Crippen LogP) is 3.59. The second-order valence-corrected chi connectivity index (χ2v) is 7.83. The minimum absolute atomic E-state index is 0.00326. The Balaban J connectivity index is 2.29. The molecule has 3 atom stereocenters. The summed E-state index contributed by atoms with van der Waals surface area (Å²) in [5.74, 6) is 0. The lowest BCUT2D eigenvalue weighted by molar-refractivity contribution is -0.137. The first-order valence-corrected chi connectivity index (χ1v) is 8.13. The van der Waals surface area contributed by atoms with E-state index >= 15 is 0 Å². The number of nitrogens with one attached hydrogen (secondary N) is 1. The van der Waals surface area contributed by atoms with Crippen LogP contribution in [0.1, 0.15) is 32.3 Å². The van der Waals surface area contributed by atoms with Crippen LogP contribution in [0, 0.1) is 5.41 Å². The molecule has 0 spiro atoms. The van der Waals surface area contributed by atoms with Crippen LogP contribution < -0.4 is 5.32 Å². The van der Waals surface area contributed by atoms with E-state index in [-0.39, 0.29) is 21.6 Å². The Hall–Kier alpha value is -0.880. The Morgan fingerprint density at radius 1 is 1.33 bits per heavy atom. The molecule has 1 aliphatic carbocycles. The van der Waals surface area contributed by atoms with Crippen molar-refractivity contribution in [3.63, 3.8) is 0 Å². The van der Waals surface area contributed by atoms with Crippen LogP contribution in [0.25, 0.3) is 0 Å². The number of halogens is 3. The van der Waals surface area contributed by atoms with Crippen LogP contribution in [-0.2, 0) is 17.0 Å². The second kappa shape index (κ2) is 5.72. The zero-order valence-electron chi connectivity index (χ0n) is 12.3. The first-order chi connectivity index (χ1) is 9.66. The molecule has 1 aromatic carbocycles. The highest BCUT2D eigenvalue weighted by Crippen LogP contribution is 2.41. The van der Waals surface area contributed by atoms with Crippen LogP contribution in [-0.4, -0.2) is 22.5 Å². The number of hydrogen-bond donors (Lipinski definition) is 1. The number of benzene rings is 1. The standard InChI is InChI=1S/C15H20F3NOS/c1-14(2)8-7-12(13(14)19-3)21(20)11-6-4-5-10(9-11)15(16,17)18/h4-6,9,12-13,19H,7-8H2,1-3H3. The minimum Gasteiger partial charge on any atom is -0.315 e. The average Bonchev–Trinajstić information content (AvgIpc) is 2.72. The van der Waals surface area contributed by atoms with Crippen LogP contribution >= 0.6 is 0 Å². The van der Waals surface area contributed by atoms with Gasteiger partial charge in [0.05, 0.1) is 21.6 Å². The van der Waals surface area contributed by atoms with Gasteiger partial charge in [-0.1, -0.05) is 19.9 Å². The summed E-state index contributed by atoms with van der Waals surface area (Å²) >= 11 is 0. The lowest BCUT2D eigenvalue weighted by Crippen LogP contribution is -2.44. The van der Waals surface area contributed by atoms with Gasteiger partial charge in [0.2, 0.25) is 0 Å². The van der Waals surface area contributed by atoms with Gasteiger partial charge in [0.15, 0.2) is 0 Å². The van der Waals surface area contributed by atoms with Gasteiger partial charge in [0.1, 0.15) is 0 Å². The van der Waals surface area contributed by atoms with Crippen molar-refractivity contribution in [3.8, 4) is 0 Å². The molecule has 21 heavy (non-hydrogen) atoms. The van der Waals surface area contributed by atoms with E-state index in [2.05, 4.69) is 19.2 Å². The number of hydrogen-bond acceptors (Lipinski definition) is 2. The number of rotatable bonds is 3. The van der Waals surface area contributed by atoms with Crippen LogP contribution in [0.15, 0.2) is 29.2 Å². The molecule has 0 amide bonds. The molecule has 0 aliphatic heterocycles. The Bertz CT molecular complexity index is 542. The summed E-state index contributed by atoms with van der Waals surface area (Å²) < 4.78 is 51.0. The van der Waals surface area contributed by atoms with E-state index in [0.717, 1.165) is 25.0 Å². The molecule has 0 bridgehead atoms. The fourth-order valence-corrected chi connectivity index (χ4v) is 5.01. The maximum atomic E-state index is 12.8. The normalized spacial score (nSPS) is 26.8. The van der Waals surface area contributed by atoms with Gasteiger partial charge in [-0.3, -0.25) is 4.21 Å². The van der Waals surface area contributed by atoms with Crippen LogP contribution in [0.3, 0.4) is 0 Å². The topological polar surface area (TPSA) is 29.1 Å². The van der Waals surface area contributed by atoms with E-state index < -0.39 is 22.5 Å². The summed E-state index contributed by atoms with van der Waals surface area (Å²) in [5.41, 5.74) is -0.747. The lowest BCUT2D eigenvalue weighted by atomic mass is 9.87. The number of alkyl halides is 3. The maximum Gasteiger partial charge on any atom is 0.416 e. The highest BCUT2D eigenvalue weighted by molar-refractivity contribution is 7.85. The molecule has 1 fully saturated rings. The molecule has 0 aromatic heterocycles. The van der Waals surface area contributed by atoms with Crippen LogP contribution in [0.4, 0.5) is 13.2 Å². The smallest absolute Gasteiger partial charge is 0.315 e. The van der Waals surface area contributed by atoms with Crippen molar-refractivity contribution < 1.29 is 17.4 Å². The molecule has 0 radical (unpaired) electrons. The fourth-order valence-electron chi connectivity index (χ4n) is 3.12. The van der Waals surface area contributed by atoms with Gasteiger partial charge in [0, 0.05) is 10.9 Å². The van der Waals surface area contributed by atoms with E-state index in [1.54, 1.807) is 0 Å². The fraction of sp³-hybridized carbons (Fsp3) is 0.600. The van der Waals surface area contributed by atoms with Crippen LogP contribution in [0.2, 0.25) is 0 Å². The van der Waals surface area contributed by atoms with Gasteiger partial charge in [-0.15, -0.1) is 0 Å². The second-order valence-electron chi connectivity index (χ2n) is 6.16. The summed E-state index contributed by atoms with van der Waals surface area (Å²) in [7, 11) is 0.371. The monoisotopic (exact) mass is 319 g/mol. The Labute approximate surface area is 125 Å². The van der Waals surface area contributed by atoms with Crippen LogP contribution in [0.5, 0.6) is 0 Å². The zero-order valence-corrected chi connectivity index (χ0v) is 13.1. The molecule has 2 nitrogen and oxygen atoms in total. The van der Waals surface area contributed by atoms with Crippen molar-refractivity contribution in [1.29, 1.82) is 0 Å². The molecule has 118 valence electrons. The van der Waals surface area contributed by atoms with Crippen molar-refractivity contribution in [2.75, 3.05) is 7.05 Å². The molecule has 0 heterocycles. The Morgan fingerprint density at radius 2 is 2.00 bits per heavy atom. The van der Waals surface area contributed by atoms with Gasteiger partial charge in [-0.05, 0) is 43.5 Å². The van der Waals surface area contributed by atoms with Crippen molar-refractivity contribution in [2.24, 2.45) is 5.41 Å². The van der Waals surface area contributed by atoms with Gasteiger partial charge in [-0.2, -0.15) is 13.2 Å². The molecular weight excluding hydrogens is 299 g/mol. The third-order valence-electron chi connectivity index (χ3n) is 4.27. The molecule has 1 saturated carbocycles. The Morgan fingerprint density at radius 3 is 2.57 bits per heavy atom. The summed E-state index contributed by atoms with van der Waals surface area (Å²) in [6, 6.07) is 4.89. The summed E-state index contributed by atoms with van der Waals surface area (Å²) in [6.07, 6.45) is -2.74. The molecular formula is C15H20F3NOS. The lowest BCUT2D eigenvalue weighted by Gasteiger charge is -2.30. The average molecular weight is 319 g/mol. The SMILES string of the molecule is CNC1C(S(=O)c2cccc(C(F)(F)F)c2)CCC1(C)C. The van der Waals surface area contributed by atoms with E-state index in [4.69, 9.17) is 0 Å². The van der Waals surface area contributed by atoms with Crippen molar-refractivity contribution in [3.05, 3.63) is 29.8 Å². The maximum absolute atomic E-state index is 12.8. The van der Waals surface area contributed by atoms with Crippen molar-refractivity contribution in [1.82, 2.24) is 5.32 Å². The molecule has 1 aromatic rings. The van der Waals surface area contributed by atoms with Gasteiger partial charge in [0.25, 0.3) is 0 Å². The molecule has 3 unspecified atom stereocenters. The molecule has 0 saturated heterocycles. The van der Waals surface area contributed by atoms with Crippen molar-refractivity contribution >= 4 is 10.8 Å². The third-order valence-corrected chi connectivity index (χ3v) is 6.04. The summed E-state index contributed by atoms with van der Waals surface area (Å²) in [4.78, 5) is 0.257. The minimum atomic E-state index is -4.41. The molecule has 1 aliphatic rings. The largest absolute Gasteiger partial charge is 0.416 e. The van der Waals surface area contributed by atoms with Crippen molar-refractivity contribution in [2.45, 2.75) is 49.1 Å². The first-order valence-electron chi connectivity index (χ1n) is 6.92. The van der Waals surface area contributed by atoms with E-state index in [1.807, 2.05) is 7.05 Å². The highest BCUT2D eigenvalue weighted by atomic mass is 32.2. The zero-order chi connectivity index (χ0) is 15.8. The summed E-state index contributed by atoms with van der Waals surface area (Å²) in [5, 5.41) is 3.03.